The molecule has 0 aliphatic rings. The third-order valence-electron chi connectivity index (χ3n) is 5.22. The maximum absolute atomic E-state index is 12.9. The normalized spacial score (nSPS) is 11.4. The molecular formula is C27H27NO5. The average molecular weight is 446 g/mol. The van der Waals surface area contributed by atoms with Crippen molar-refractivity contribution in [2.45, 2.75) is 26.3 Å². The molecule has 3 rings (SSSR count). The van der Waals surface area contributed by atoms with Gasteiger partial charge in [-0.15, -0.1) is 0 Å². The van der Waals surface area contributed by atoms with Crippen molar-refractivity contribution >= 4 is 23.2 Å². The fourth-order valence-corrected chi connectivity index (χ4v) is 3.40. The zero-order valence-corrected chi connectivity index (χ0v) is 19.0. The van der Waals surface area contributed by atoms with Gasteiger partial charge >= 0.3 is 5.97 Å². The molecule has 0 saturated carbocycles. The number of carbonyl (C=O) groups excluding carboxylic acids is 3. The first-order valence-corrected chi connectivity index (χ1v) is 10.6. The Morgan fingerprint density at radius 3 is 2.27 bits per heavy atom. The summed E-state index contributed by atoms with van der Waals surface area (Å²) in [6.07, 6.45) is -0.108. The Labute approximate surface area is 193 Å². The highest BCUT2D eigenvalue weighted by molar-refractivity contribution is 6.01. The Bertz CT molecular complexity index is 1140. The summed E-state index contributed by atoms with van der Waals surface area (Å²) in [6.45, 7) is 3.46. The first-order chi connectivity index (χ1) is 15.9. The molecule has 0 aromatic heterocycles. The molecule has 0 spiro atoms. The minimum absolute atomic E-state index is 0.108. The van der Waals surface area contributed by atoms with E-state index in [4.69, 9.17) is 9.47 Å². The molecule has 0 bridgehead atoms. The summed E-state index contributed by atoms with van der Waals surface area (Å²) in [5.74, 6) is -0.693. The van der Waals surface area contributed by atoms with E-state index in [1.807, 2.05) is 38.1 Å². The topological polar surface area (TPSA) is 81.7 Å². The lowest BCUT2D eigenvalue weighted by Crippen LogP contribution is -2.35. The monoisotopic (exact) mass is 445 g/mol. The molecule has 6 heteroatoms. The minimum atomic E-state index is -0.947. The van der Waals surface area contributed by atoms with E-state index in [1.165, 1.54) is 7.11 Å². The van der Waals surface area contributed by atoms with Crippen molar-refractivity contribution in [2.24, 2.45) is 0 Å². The van der Waals surface area contributed by atoms with E-state index in [1.54, 1.807) is 48.5 Å². The number of nitrogens with one attached hydrogen (secondary N) is 1. The third kappa shape index (κ3) is 6.53. The van der Waals surface area contributed by atoms with Crippen molar-refractivity contribution < 1.29 is 23.9 Å². The van der Waals surface area contributed by atoms with Crippen LogP contribution < -0.4 is 10.1 Å². The summed E-state index contributed by atoms with van der Waals surface area (Å²) in [7, 11) is 1.51. The van der Waals surface area contributed by atoms with Gasteiger partial charge in [-0.05, 0) is 37.6 Å². The largest absolute Gasteiger partial charge is 0.497 e. The molecule has 0 aliphatic carbocycles. The number of ketones is 2. The number of methoxy groups -OCH3 is 1. The molecule has 0 amide bonds. The Hall–Kier alpha value is -3.93. The molecule has 0 saturated heterocycles. The number of aryl methyl sites for hydroxylation is 2. The molecule has 0 heterocycles. The van der Waals surface area contributed by atoms with E-state index in [9.17, 15) is 14.4 Å². The number of esters is 1. The van der Waals surface area contributed by atoms with Gasteiger partial charge in [-0.1, -0.05) is 60.2 Å². The molecule has 6 nitrogen and oxygen atoms in total. The molecule has 0 radical (unpaired) electrons. The zero-order chi connectivity index (χ0) is 23.8. The fourth-order valence-electron chi connectivity index (χ4n) is 3.40. The van der Waals surface area contributed by atoms with Crippen molar-refractivity contribution in [2.75, 3.05) is 19.0 Å². The van der Waals surface area contributed by atoms with Crippen LogP contribution in [0, 0.1) is 13.8 Å². The first kappa shape index (κ1) is 23.7. The van der Waals surface area contributed by atoms with E-state index in [-0.39, 0.29) is 18.0 Å². The second-order valence-corrected chi connectivity index (χ2v) is 7.77. The van der Waals surface area contributed by atoms with Crippen LogP contribution in [0.25, 0.3) is 0 Å². The van der Waals surface area contributed by atoms with Crippen LogP contribution in [0.5, 0.6) is 5.75 Å². The number of anilines is 1. The third-order valence-corrected chi connectivity index (χ3v) is 5.22. The summed E-state index contributed by atoms with van der Waals surface area (Å²) in [6, 6.07) is 20.2. The van der Waals surface area contributed by atoms with Crippen molar-refractivity contribution in [1.82, 2.24) is 0 Å². The predicted molar refractivity (Wildman–Crippen MR) is 127 cm³/mol. The lowest BCUT2D eigenvalue weighted by Gasteiger charge is -2.20. The molecule has 0 aliphatic heterocycles. The minimum Gasteiger partial charge on any atom is -0.497 e. The lowest BCUT2D eigenvalue weighted by molar-refractivity contribution is -0.143. The number of carbonyl (C=O) groups is 3. The van der Waals surface area contributed by atoms with Crippen LogP contribution in [0.15, 0.2) is 72.8 Å². The first-order valence-electron chi connectivity index (χ1n) is 10.6. The molecular weight excluding hydrogens is 418 g/mol. The van der Waals surface area contributed by atoms with Gasteiger partial charge in [-0.3, -0.25) is 9.59 Å². The Kier molecular flexibility index (Phi) is 7.97. The van der Waals surface area contributed by atoms with Gasteiger partial charge in [0, 0.05) is 23.2 Å². The Morgan fingerprint density at radius 1 is 0.848 bits per heavy atom. The highest BCUT2D eigenvalue weighted by atomic mass is 16.5. The maximum atomic E-state index is 12.9. The van der Waals surface area contributed by atoms with Crippen LogP contribution in [0.4, 0.5) is 5.69 Å². The summed E-state index contributed by atoms with van der Waals surface area (Å²) in [5.41, 5.74) is 3.63. The summed E-state index contributed by atoms with van der Waals surface area (Å²) >= 11 is 0. The van der Waals surface area contributed by atoms with Gasteiger partial charge in [0.15, 0.2) is 18.2 Å². The van der Waals surface area contributed by atoms with Gasteiger partial charge in [0.1, 0.15) is 11.8 Å². The summed E-state index contributed by atoms with van der Waals surface area (Å²) in [4.78, 5) is 38.2. The van der Waals surface area contributed by atoms with Crippen molar-refractivity contribution in [1.29, 1.82) is 0 Å². The highest BCUT2D eigenvalue weighted by Gasteiger charge is 2.25. The number of Topliss-reactive ketones (excluding diaryl/α,β-unsaturated/α-hetero) is 2. The van der Waals surface area contributed by atoms with Crippen LogP contribution >= 0.6 is 0 Å². The maximum Gasteiger partial charge on any atom is 0.329 e. The van der Waals surface area contributed by atoms with Gasteiger partial charge in [0.2, 0.25) is 0 Å². The molecule has 3 aromatic carbocycles. The smallest absolute Gasteiger partial charge is 0.329 e. The quantitative estimate of drug-likeness (QED) is 0.357. The van der Waals surface area contributed by atoms with Crippen LogP contribution in [-0.2, 0) is 9.53 Å². The van der Waals surface area contributed by atoms with E-state index < -0.39 is 18.6 Å². The number of benzene rings is 3. The van der Waals surface area contributed by atoms with Gasteiger partial charge < -0.3 is 14.8 Å². The Morgan fingerprint density at radius 2 is 1.58 bits per heavy atom. The molecule has 0 unspecified atom stereocenters. The predicted octanol–water partition coefficient (Wildman–Crippen LogP) is 4.79. The average Bonchev–Trinajstić information content (AvgIpc) is 2.83. The molecule has 0 fully saturated rings. The fraction of sp³-hybridized carbons (Fsp3) is 0.222. The van der Waals surface area contributed by atoms with Crippen LogP contribution in [0.3, 0.4) is 0 Å². The number of ether oxygens (including phenoxy) is 2. The zero-order valence-electron chi connectivity index (χ0n) is 19.0. The lowest BCUT2D eigenvalue weighted by atomic mass is 10.0. The number of hydrogen-bond donors (Lipinski definition) is 1. The number of rotatable bonds is 10. The standard InChI is InChI=1S/C27H27NO5/c1-18-12-13-23(19(2)14-18)28-24(16-25(29)20-8-5-4-6-9-20)27(31)33-17-26(30)21-10-7-11-22(15-21)32-3/h4-15,24,28H,16-17H2,1-3H3/t24-/m0/s1. The molecule has 1 N–H and O–H groups in total. The second-order valence-electron chi connectivity index (χ2n) is 7.77. The van der Waals surface area contributed by atoms with E-state index in [2.05, 4.69) is 5.32 Å². The Balaban J connectivity index is 1.74. The summed E-state index contributed by atoms with van der Waals surface area (Å²) in [5, 5.41) is 3.13. The van der Waals surface area contributed by atoms with E-state index >= 15 is 0 Å². The molecule has 170 valence electrons. The van der Waals surface area contributed by atoms with Gasteiger partial charge in [0.25, 0.3) is 0 Å². The molecule has 33 heavy (non-hydrogen) atoms. The van der Waals surface area contributed by atoms with Crippen LogP contribution in [0.2, 0.25) is 0 Å². The highest BCUT2D eigenvalue weighted by Crippen LogP contribution is 2.20. The van der Waals surface area contributed by atoms with Crippen molar-refractivity contribution in [3.63, 3.8) is 0 Å². The van der Waals surface area contributed by atoms with Gasteiger partial charge in [-0.25, -0.2) is 4.79 Å². The SMILES string of the molecule is COc1cccc(C(=O)COC(=O)[C@H](CC(=O)c2ccccc2)Nc2ccc(C)cc2C)c1. The van der Waals surface area contributed by atoms with E-state index in [0.717, 1.165) is 16.8 Å². The van der Waals surface area contributed by atoms with Crippen molar-refractivity contribution in [3.05, 3.63) is 95.1 Å². The molecule has 1 atom stereocenters. The molecule has 3 aromatic rings. The summed E-state index contributed by atoms with van der Waals surface area (Å²) < 4.78 is 10.5. The van der Waals surface area contributed by atoms with Crippen LogP contribution in [0.1, 0.15) is 38.3 Å². The van der Waals surface area contributed by atoms with E-state index in [0.29, 0.717) is 16.9 Å². The van der Waals surface area contributed by atoms with Crippen molar-refractivity contribution in [3.8, 4) is 5.75 Å². The second kappa shape index (κ2) is 11.1. The van der Waals surface area contributed by atoms with Crippen LogP contribution in [-0.4, -0.2) is 37.3 Å². The number of hydrogen-bond acceptors (Lipinski definition) is 6. The van der Waals surface area contributed by atoms with Gasteiger partial charge in [0.05, 0.1) is 7.11 Å². The van der Waals surface area contributed by atoms with Gasteiger partial charge in [-0.2, -0.15) is 0 Å².